The second-order valence-corrected chi connectivity index (χ2v) is 6.95. The molecule has 0 radical (unpaired) electrons. The first-order valence-corrected chi connectivity index (χ1v) is 9.56. The van der Waals surface area contributed by atoms with Crippen LogP contribution in [0.5, 0.6) is 0 Å². The van der Waals surface area contributed by atoms with Crippen molar-refractivity contribution in [2.45, 2.75) is 31.4 Å². The van der Waals surface area contributed by atoms with Gasteiger partial charge in [-0.1, -0.05) is 60.7 Å². The molecule has 7 nitrogen and oxygen atoms in total. The summed E-state index contributed by atoms with van der Waals surface area (Å²) in [6, 6.07) is 18.7. The van der Waals surface area contributed by atoms with Crippen molar-refractivity contribution in [1.82, 2.24) is 10.6 Å². The quantitative estimate of drug-likeness (QED) is 0.551. The molecule has 29 heavy (non-hydrogen) atoms. The van der Waals surface area contributed by atoms with Crippen LogP contribution < -0.4 is 10.6 Å². The number of amides is 1. The third kappa shape index (κ3) is 5.89. The molecule has 0 unspecified atom stereocenters. The Balaban J connectivity index is 1.47. The summed E-state index contributed by atoms with van der Waals surface area (Å²) < 4.78 is 10.0. The van der Waals surface area contributed by atoms with Crippen molar-refractivity contribution in [2.24, 2.45) is 0 Å². The first kappa shape index (κ1) is 20.5. The summed E-state index contributed by atoms with van der Waals surface area (Å²) in [5.41, 5.74) is 0.884. The number of benzene rings is 2. The molecular weight excluding hydrogens is 372 g/mol. The van der Waals surface area contributed by atoms with Crippen LogP contribution in [-0.2, 0) is 32.1 Å². The Morgan fingerprint density at radius 2 is 1.62 bits per heavy atom. The number of esters is 2. The second kappa shape index (κ2) is 9.84. The number of alkyl carbamates (subject to hydrolysis) is 1. The van der Waals surface area contributed by atoms with E-state index in [4.69, 9.17) is 9.47 Å². The standard InChI is InChI=1S/C22H24N2O5/c25-19(15-23-21(27)28-16-18-10-5-2-6-11-18)29-20(26)22(12-7-13-24-22)14-17-8-3-1-4-9-17/h1-6,8-11,24H,7,12-16H2,(H,23,27)/t22-/m1/s1. The Hall–Kier alpha value is -3.19. The van der Waals surface area contributed by atoms with E-state index >= 15 is 0 Å². The van der Waals surface area contributed by atoms with Gasteiger partial charge in [0.1, 0.15) is 18.7 Å². The van der Waals surface area contributed by atoms with Crippen LogP contribution in [0.1, 0.15) is 24.0 Å². The largest absolute Gasteiger partial charge is 0.445 e. The van der Waals surface area contributed by atoms with Gasteiger partial charge in [0.2, 0.25) is 0 Å². The predicted octanol–water partition coefficient (Wildman–Crippen LogP) is 2.35. The molecule has 2 aromatic rings. The number of carbonyl (C=O) groups excluding carboxylic acids is 3. The second-order valence-electron chi connectivity index (χ2n) is 6.95. The Morgan fingerprint density at radius 1 is 0.966 bits per heavy atom. The molecule has 1 aliphatic heterocycles. The molecule has 1 heterocycles. The number of nitrogens with one attached hydrogen (secondary N) is 2. The molecule has 1 aliphatic rings. The Kier molecular flexibility index (Phi) is 6.97. The molecule has 0 spiro atoms. The average Bonchev–Trinajstić information content (AvgIpc) is 3.22. The zero-order chi connectivity index (χ0) is 20.5. The number of rotatable bonds is 7. The lowest BCUT2D eigenvalue weighted by atomic mass is 9.89. The van der Waals surface area contributed by atoms with Gasteiger partial charge in [0, 0.05) is 6.42 Å². The molecule has 0 aliphatic carbocycles. The maximum absolute atomic E-state index is 12.7. The third-order valence-corrected chi connectivity index (χ3v) is 4.78. The van der Waals surface area contributed by atoms with Gasteiger partial charge in [0.05, 0.1) is 0 Å². The molecule has 2 aromatic carbocycles. The fourth-order valence-electron chi connectivity index (χ4n) is 3.30. The van der Waals surface area contributed by atoms with Crippen LogP contribution in [0.15, 0.2) is 60.7 Å². The summed E-state index contributed by atoms with van der Waals surface area (Å²) in [6.07, 6.45) is 1.09. The smallest absolute Gasteiger partial charge is 0.407 e. The van der Waals surface area contributed by atoms with E-state index in [0.717, 1.165) is 17.5 Å². The molecule has 0 aromatic heterocycles. The van der Waals surface area contributed by atoms with Gasteiger partial charge >= 0.3 is 18.0 Å². The summed E-state index contributed by atoms with van der Waals surface area (Å²) in [4.78, 5) is 36.5. The van der Waals surface area contributed by atoms with Gasteiger partial charge in [-0.25, -0.2) is 14.4 Å². The van der Waals surface area contributed by atoms with Crippen molar-refractivity contribution in [3.63, 3.8) is 0 Å². The summed E-state index contributed by atoms with van der Waals surface area (Å²) in [5, 5.41) is 5.49. The highest BCUT2D eigenvalue weighted by molar-refractivity contribution is 5.93. The topological polar surface area (TPSA) is 93.7 Å². The van der Waals surface area contributed by atoms with E-state index in [9.17, 15) is 14.4 Å². The lowest BCUT2D eigenvalue weighted by molar-refractivity contribution is -0.163. The Labute approximate surface area is 169 Å². The van der Waals surface area contributed by atoms with Gasteiger partial charge in [-0.2, -0.15) is 0 Å². The van der Waals surface area contributed by atoms with Crippen molar-refractivity contribution >= 4 is 18.0 Å². The van der Waals surface area contributed by atoms with Crippen molar-refractivity contribution in [3.05, 3.63) is 71.8 Å². The molecule has 0 bridgehead atoms. The summed E-state index contributed by atoms with van der Waals surface area (Å²) in [7, 11) is 0. The molecule has 1 fully saturated rings. The summed E-state index contributed by atoms with van der Waals surface area (Å²) in [5.74, 6) is -1.45. The molecule has 152 valence electrons. The first-order valence-electron chi connectivity index (χ1n) is 9.56. The van der Waals surface area contributed by atoms with E-state index in [0.29, 0.717) is 19.4 Å². The first-order chi connectivity index (χ1) is 14.1. The van der Waals surface area contributed by atoms with Gasteiger partial charge in [0.15, 0.2) is 0 Å². The Bertz CT molecular complexity index is 833. The van der Waals surface area contributed by atoms with E-state index in [2.05, 4.69) is 10.6 Å². The number of hydrogen-bond acceptors (Lipinski definition) is 6. The van der Waals surface area contributed by atoms with E-state index in [1.54, 1.807) is 0 Å². The van der Waals surface area contributed by atoms with Crippen molar-refractivity contribution in [3.8, 4) is 0 Å². The molecule has 7 heteroatoms. The third-order valence-electron chi connectivity index (χ3n) is 4.78. The van der Waals surface area contributed by atoms with Gasteiger partial charge in [-0.05, 0) is 30.5 Å². The summed E-state index contributed by atoms with van der Waals surface area (Å²) >= 11 is 0. The minimum absolute atomic E-state index is 0.0881. The van der Waals surface area contributed by atoms with Crippen LogP contribution >= 0.6 is 0 Å². The predicted molar refractivity (Wildman–Crippen MR) is 106 cm³/mol. The zero-order valence-electron chi connectivity index (χ0n) is 16.1. The monoisotopic (exact) mass is 396 g/mol. The molecule has 1 amide bonds. The molecule has 1 atom stereocenters. The van der Waals surface area contributed by atoms with Gasteiger partial charge in [0.25, 0.3) is 0 Å². The SMILES string of the molecule is O=C(CNC(=O)OCc1ccccc1)OC(=O)[C@]1(Cc2ccccc2)CCCN1. The minimum atomic E-state index is -0.926. The van der Waals surface area contributed by atoms with Crippen LogP contribution in [0.25, 0.3) is 0 Å². The molecule has 0 saturated carbocycles. The normalized spacial score (nSPS) is 18.1. The fraction of sp³-hybridized carbons (Fsp3) is 0.318. The molecule has 2 N–H and O–H groups in total. The summed E-state index contributed by atoms with van der Waals surface area (Å²) in [6.45, 7) is 0.325. The van der Waals surface area contributed by atoms with E-state index < -0.39 is 30.1 Å². The fourth-order valence-corrected chi connectivity index (χ4v) is 3.30. The minimum Gasteiger partial charge on any atom is -0.445 e. The molecule has 3 rings (SSSR count). The number of carbonyl (C=O) groups is 3. The van der Waals surface area contributed by atoms with Crippen molar-refractivity contribution in [2.75, 3.05) is 13.1 Å². The lowest BCUT2D eigenvalue weighted by Crippen LogP contribution is -2.51. The average molecular weight is 396 g/mol. The molecule has 1 saturated heterocycles. The Morgan fingerprint density at radius 3 is 2.24 bits per heavy atom. The van der Waals surface area contributed by atoms with Gasteiger partial charge in [-0.15, -0.1) is 0 Å². The van der Waals surface area contributed by atoms with Crippen LogP contribution in [0.3, 0.4) is 0 Å². The van der Waals surface area contributed by atoms with Crippen molar-refractivity contribution < 1.29 is 23.9 Å². The molecular formula is C22H24N2O5. The van der Waals surface area contributed by atoms with E-state index in [-0.39, 0.29) is 6.61 Å². The highest BCUT2D eigenvalue weighted by Crippen LogP contribution is 2.25. The van der Waals surface area contributed by atoms with Crippen LogP contribution in [0.4, 0.5) is 4.79 Å². The van der Waals surface area contributed by atoms with Crippen LogP contribution in [-0.4, -0.2) is 36.7 Å². The highest BCUT2D eigenvalue weighted by atomic mass is 16.6. The van der Waals surface area contributed by atoms with E-state index in [1.165, 1.54) is 0 Å². The van der Waals surface area contributed by atoms with Crippen LogP contribution in [0.2, 0.25) is 0 Å². The maximum Gasteiger partial charge on any atom is 0.407 e. The van der Waals surface area contributed by atoms with Gasteiger partial charge in [-0.3, -0.25) is 0 Å². The van der Waals surface area contributed by atoms with Gasteiger partial charge < -0.3 is 20.1 Å². The lowest BCUT2D eigenvalue weighted by Gasteiger charge is -2.26. The highest BCUT2D eigenvalue weighted by Gasteiger charge is 2.43. The number of ether oxygens (including phenoxy) is 2. The maximum atomic E-state index is 12.7. The number of hydrogen-bond donors (Lipinski definition) is 2. The van der Waals surface area contributed by atoms with Crippen molar-refractivity contribution in [1.29, 1.82) is 0 Å². The van der Waals surface area contributed by atoms with E-state index in [1.807, 2.05) is 60.7 Å². The zero-order valence-corrected chi connectivity index (χ0v) is 16.1. The van der Waals surface area contributed by atoms with Crippen LogP contribution in [0, 0.1) is 0 Å².